The fraction of sp³-hybridized carbons (Fsp3) is 0.333. The first-order valence-electron chi connectivity index (χ1n) is 6.26. The molecule has 0 spiro atoms. The van der Waals surface area contributed by atoms with Crippen molar-refractivity contribution in [3.8, 4) is 0 Å². The third kappa shape index (κ3) is 4.26. The summed E-state index contributed by atoms with van der Waals surface area (Å²) in [4.78, 5) is 1.38. The Morgan fingerprint density at radius 2 is 1.78 bits per heavy atom. The van der Waals surface area contributed by atoms with Gasteiger partial charge in [0.15, 0.2) is 0 Å². The normalized spacial score (nSPS) is 10.7. The van der Waals surface area contributed by atoms with E-state index in [1.165, 1.54) is 16.0 Å². The molecule has 1 aromatic heterocycles. The molecule has 0 amide bonds. The van der Waals surface area contributed by atoms with Gasteiger partial charge in [0, 0.05) is 11.3 Å². The van der Waals surface area contributed by atoms with Gasteiger partial charge in [-0.15, -0.1) is 11.3 Å². The Bertz CT molecular complexity index is 436. The van der Waals surface area contributed by atoms with Crippen LogP contribution < -0.4 is 5.73 Å². The summed E-state index contributed by atoms with van der Waals surface area (Å²) in [6.45, 7) is 2.18. The van der Waals surface area contributed by atoms with Gasteiger partial charge in [0.25, 0.3) is 0 Å². The van der Waals surface area contributed by atoms with Crippen LogP contribution in [0.4, 0.5) is 0 Å². The van der Waals surface area contributed by atoms with E-state index in [0.29, 0.717) is 13.2 Å². The van der Waals surface area contributed by atoms with Gasteiger partial charge in [-0.3, -0.25) is 0 Å². The molecular formula is C15H19NOS. The van der Waals surface area contributed by atoms with Crippen molar-refractivity contribution in [2.45, 2.75) is 19.4 Å². The summed E-state index contributed by atoms with van der Waals surface area (Å²) in [7, 11) is 0. The predicted molar refractivity (Wildman–Crippen MR) is 76.9 cm³/mol. The molecule has 2 N–H and O–H groups in total. The Kier molecular flexibility index (Phi) is 5.39. The van der Waals surface area contributed by atoms with E-state index in [9.17, 15) is 0 Å². The van der Waals surface area contributed by atoms with Gasteiger partial charge in [-0.1, -0.05) is 30.3 Å². The van der Waals surface area contributed by atoms with E-state index in [4.69, 9.17) is 10.5 Å². The Morgan fingerprint density at radius 3 is 2.44 bits per heavy atom. The van der Waals surface area contributed by atoms with E-state index in [1.807, 2.05) is 0 Å². The van der Waals surface area contributed by atoms with E-state index in [1.54, 1.807) is 11.3 Å². The van der Waals surface area contributed by atoms with Crippen LogP contribution >= 0.6 is 11.3 Å². The number of hydrogen-bond donors (Lipinski definition) is 1. The number of benzene rings is 1. The van der Waals surface area contributed by atoms with Crippen molar-refractivity contribution >= 4 is 11.3 Å². The molecule has 2 nitrogen and oxygen atoms in total. The van der Waals surface area contributed by atoms with Crippen LogP contribution in [0.2, 0.25) is 0 Å². The van der Waals surface area contributed by atoms with Crippen LogP contribution in [0.5, 0.6) is 0 Å². The third-order valence-corrected chi connectivity index (χ3v) is 3.73. The predicted octanol–water partition coefficient (Wildman–Crippen LogP) is 3.01. The molecule has 0 aliphatic carbocycles. The zero-order valence-corrected chi connectivity index (χ0v) is 11.3. The second kappa shape index (κ2) is 7.31. The van der Waals surface area contributed by atoms with Crippen LogP contribution in [0.15, 0.2) is 41.8 Å². The van der Waals surface area contributed by atoms with Gasteiger partial charge in [-0.2, -0.15) is 0 Å². The van der Waals surface area contributed by atoms with E-state index < -0.39 is 0 Å². The van der Waals surface area contributed by atoms with Crippen molar-refractivity contribution < 1.29 is 4.74 Å². The van der Waals surface area contributed by atoms with Crippen molar-refractivity contribution in [2.75, 3.05) is 13.2 Å². The Hall–Kier alpha value is -1.16. The lowest BCUT2D eigenvalue weighted by molar-refractivity contribution is 0.124. The van der Waals surface area contributed by atoms with E-state index in [0.717, 1.165) is 19.4 Å². The van der Waals surface area contributed by atoms with Crippen LogP contribution in [0.25, 0.3) is 0 Å². The lowest BCUT2D eigenvalue weighted by Gasteiger charge is -2.05. The summed E-state index contributed by atoms with van der Waals surface area (Å²) >= 11 is 1.78. The summed E-state index contributed by atoms with van der Waals surface area (Å²) < 4.78 is 5.67. The minimum absolute atomic E-state index is 0.689. The number of thiophene rings is 1. The van der Waals surface area contributed by atoms with Crippen LogP contribution in [0.1, 0.15) is 16.0 Å². The topological polar surface area (TPSA) is 35.2 Å². The third-order valence-electron chi connectivity index (χ3n) is 2.80. The molecule has 2 rings (SSSR count). The summed E-state index contributed by atoms with van der Waals surface area (Å²) in [5, 5.41) is 2.10. The molecule has 0 unspecified atom stereocenters. The maximum Gasteiger partial charge on any atom is 0.0717 e. The highest BCUT2D eigenvalue weighted by Gasteiger charge is 1.97. The van der Waals surface area contributed by atoms with Gasteiger partial charge in [0.1, 0.15) is 0 Å². The van der Waals surface area contributed by atoms with Crippen molar-refractivity contribution in [1.29, 1.82) is 0 Å². The van der Waals surface area contributed by atoms with Crippen LogP contribution in [0, 0.1) is 0 Å². The highest BCUT2D eigenvalue weighted by Crippen LogP contribution is 2.10. The quantitative estimate of drug-likeness (QED) is 0.778. The molecule has 0 fully saturated rings. The number of hydrogen-bond acceptors (Lipinski definition) is 3. The fourth-order valence-corrected chi connectivity index (χ4v) is 2.48. The highest BCUT2D eigenvalue weighted by molar-refractivity contribution is 7.09. The highest BCUT2D eigenvalue weighted by atomic mass is 32.1. The molecule has 0 atom stereocenters. The van der Waals surface area contributed by atoms with E-state index >= 15 is 0 Å². The lowest BCUT2D eigenvalue weighted by atomic mass is 10.1. The van der Waals surface area contributed by atoms with Gasteiger partial charge in [-0.05, 0) is 35.5 Å². The summed E-state index contributed by atoms with van der Waals surface area (Å²) in [5.41, 5.74) is 8.04. The smallest absolute Gasteiger partial charge is 0.0717 e. The second-order valence-electron chi connectivity index (χ2n) is 4.24. The monoisotopic (exact) mass is 261 g/mol. The van der Waals surface area contributed by atoms with Gasteiger partial charge >= 0.3 is 0 Å². The Balaban J connectivity index is 1.69. The minimum Gasteiger partial charge on any atom is -0.376 e. The number of rotatable bonds is 7. The maximum absolute atomic E-state index is 5.67. The second-order valence-corrected chi connectivity index (χ2v) is 5.27. The molecule has 2 aromatic rings. The standard InChI is InChI=1S/C15H19NOS/c16-9-7-13-3-5-14(6-4-13)12-17-10-8-15-2-1-11-18-15/h1-6,11H,7-10,12,16H2. The Labute approximate surface area is 112 Å². The van der Waals surface area contributed by atoms with E-state index in [2.05, 4.69) is 41.8 Å². The molecule has 0 saturated carbocycles. The van der Waals surface area contributed by atoms with Gasteiger partial charge in [-0.25, -0.2) is 0 Å². The SMILES string of the molecule is NCCc1ccc(COCCc2cccs2)cc1. The summed E-state index contributed by atoms with van der Waals surface area (Å²) in [6, 6.07) is 12.7. The summed E-state index contributed by atoms with van der Waals surface area (Å²) in [5.74, 6) is 0. The van der Waals surface area contributed by atoms with Gasteiger partial charge in [0.2, 0.25) is 0 Å². The van der Waals surface area contributed by atoms with Crippen molar-refractivity contribution in [3.05, 3.63) is 57.8 Å². The molecule has 1 aromatic carbocycles. The molecular weight excluding hydrogens is 242 g/mol. The van der Waals surface area contributed by atoms with Crippen LogP contribution in [-0.4, -0.2) is 13.2 Å². The average molecular weight is 261 g/mol. The van der Waals surface area contributed by atoms with Crippen LogP contribution in [0.3, 0.4) is 0 Å². The zero-order chi connectivity index (χ0) is 12.6. The molecule has 0 aliphatic rings. The minimum atomic E-state index is 0.689. The molecule has 0 saturated heterocycles. The van der Waals surface area contributed by atoms with Gasteiger partial charge in [0.05, 0.1) is 13.2 Å². The molecule has 0 radical (unpaired) electrons. The molecule has 0 bridgehead atoms. The first kappa shape index (κ1) is 13.3. The first-order chi connectivity index (χ1) is 8.88. The summed E-state index contributed by atoms with van der Waals surface area (Å²) in [6.07, 6.45) is 1.95. The van der Waals surface area contributed by atoms with Crippen LogP contribution in [-0.2, 0) is 24.2 Å². The number of nitrogens with two attached hydrogens (primary N) is 1. The lowest BCUT2D eigenvalue weighted by Crippen LogP contribution is -2.03. The van der Waals surface area contributed by atoms with Crippen molar-refractivity contribution in [2.24, 2.45) is 5.73 Å². The number of ether oxygens (including phenoxy) is 1. The van der Waals surface area contributed by atoms with Crippen molar-refractivity contribution in [3.63, 3.8) is 0 Å². The Morgan fingerprint density at radius 1 is 1.00 bits per heavy atom. The fourth-order valence-electron chi connectivity index (χ4n) is 1.79. The first-order valence-corrected chi connectivity index (χ1v) is 7.14. The maximum atomic E-state index is 5.67. The molecule has 18 heavy (non-hydrogen) atoms. The van der Waals surface area contributed by atoms with E-state index in [-0.39, 0.29) is 0 Å². The molecule has 1 heterocycles. The average Bonchev–Trinajstić information content (AvgIpc) is 2.90. The molecule has 96 valence electrons. The van der Waals surface area contributed by atoms with Gasteiger partial charge < -0.3 is 10.5 Å². The molecule has 0 aliphatic heterocycles. The van der Waals surface area contributed by atoms with Crippen molar-refractivity contribution in [1.82, 2.24) is 0 Å². The molecule has 3 heteroatoms. The zero-order valence-electron chi connectivity index (χ0n) is 10.5. The largest absolute Gasteiger partial charge is 0.376 e.